The van der Waals surface area contributed by atoms with E-state index in [0.29, 0.717) is 19.4 Å². The zero-order valence-corrected chi connectivity index (χ0v) is 8.40. The standard InChI is InChI=1S/C10H14N2O3/c1-2-3-4-8(13)12-6-5-10(11,7-12)9(14)15/h1H,3-7,11H2,(H,14,15). The summed E-state index contributed by atoms with van der Waals surface area (Å²) >= 11 is 0. The number of hydrogen-bond donors (Lipinski definition) is 2. The smallest absolute Gasteiger partial charge is 0.325 e. The van der Waals surface area contributed by atoms with E-state index in [0.717, 1.165) is 0 Å². The van der Waals surface area contributed by atoms with E-state index in [1.54, 1.807) is 0 Å². The zero-order chi connectivity index (χ0) is 11.5. The van der Waals surface area contributed by atoms with Gasteiger partial charge in [-0.1, -0.05) is 0 Å². The molecule has 0 aliphatic carbocycles. The summed E-state index contributed by atoms with van der Waals surface area (Å²) in [5.74, 6) is 1.19. The quantitative estimate of drug-likeness (QED) is 0.610. The number of amides is 1. The monoisotopic (exact) mass is 210 g/mol. The third-order valence-corrected chi connectivity index (χ3v) is 2.56. The second-order valence-electron chi connectivity index (χ2n) is 3.73. The number of hydrogen-bond acceptors (Lipinski definition) is 3. The largest absolute Gasteiger partial charge is 0.480 e. The van der Waals surface area contributed by atoms with Crippen LogP contribution >= 0.6 is 0 Å². The van der Waals surface area contributed by atoms with Crippen LogP contribution in [-0.4, -0.2) is 40.5 Å². The van der Waals surface area contributed by atoms with Gasteiger partial charge in [0.1, 0.15) is 5.54 Å². The van der Waals surface area contributed by atoms with E-state index in [1.165, 1.54) is 4.90 Å². The van der Waals surface area contributed by atoms with Crippen LogP contribution in [0.25, 0.3) is 0 Å². The molecule has 1 unspecified atom stereocenters. The van der Waals surface area contributed by atoms with Crippen molar-refractivity contribution >= 4 is 11.9 Å². The van der Waals surface area contributed by atoms with E-state index in [1.807, 2.05) is 0 Å². The molecule has 0 bridgehead atoms. The van der Waals surface area contributed by atoms with Gasteiger partial charge in [0.2, 0.25) is 5.91 Å². The van der Waals surface area contributed by atoms with Gasteiger partial charge in [0.25, 0.3) is 0 Å². The summed E-state index contributed by atoms with van der Waals surface area (Å²) in [6, 6.07) is 0. The number of terminal acetylenes is 1. The van der Waals surface area contributed by atoms with Crippen LogP contribution in [0.2, 0.25) is 0 Å². The van der Waals surface area contributed by atoms with Crippen molar-refractivity contribution in [2.75, 3.05) is 13.1 Å². The number of nitrogens with zero attached hydrogens (tertiary/aromatic N) is 1. The zero-order valence-electron chi connectivity index (χ0n) is 8.40. The Bertz CT molecular complexity index is 321. The van der Waals surface area contributed by atoms with E-state index in [-0.39, 0.29) is 18.9 Å². The van der Waals surface area contributed by atoms with Crippen LogP contribution < -0.4 is 5.73 Å². The first-order chi connectivity index (χ1) is 6.99. The third kappa shape index (κ3) is 2.48. The van der Waals surface area contributed by atoms with E-state index in [4.69, 9.17) is 17.3 Å². The Labute approximate surface area is 88.2 Å². The van der Waals surface area contributed by atoms with Gasteiger partial charge in [-0.15, -0.1) is 12.3 Å². The molecule has 0 aromatic rings. The van der Waals surface area contributed by atoms with Crippen LogP contribution in [0.5, 0.6) is 0 Å². The predicted molar refractivity (Wildman–Crippen MR) is 53.8 cm³/mol. The molecule has 3 N–H and O–H groups in total. The number of carbonyl (C=O) groups is 2. The van der Waals surface area contributed by atoms with Gasteiger partial charge in [0.15, 0.2) is 0 Å². The Morgan fingerprint density at radius 3 is 2.73 bits per heavy atom. The molecule has 5 heteroatoms. The normalized spacial score (nSPS) is 24.9. The van der Waals surface area contributed by atoms with Crippen molar-refractivity contribution < 1.29 is 14.7 Å². The molecule has 82 valence electrons. The maximum Gasteiger partial charge on any atom is 0.325 e. The summed E-state index contributed by atoms with van der Waals surface area (Å²) in [7, 11) is 0. The molecule has 15 heavy (non-hydrogen) atoms. The first kappa shape index (κ1) is 11.5. The number of likely N-dealkylation sites (tertiary alicyclic amines) is 1. The molecule has 0 aromatic carbocycles. The van der Waals surface area contributed by atoms with Crippen molar-refractivity contribution in [2.45, 2.75) is 24.8 Å². The number of carboxylic acid groups (broad SMARTS) is 1. The van der Waals surface area contributed by atoms with Crippen molar-refractivity contribution in [1.29, 1.82) is 0 Å². The summed E-state index contributed by atoms with van der Waals surface area (Å²) in [6.07, 6.45) is 5.96. The Kier molecular flexibility index (Phi) is 3.32. The Morgan fingerprint density at radius 1 is 1.60 bits per heavy atom. The highest BCUT2D eigenvalue weighted by Crippen LogP contribution is 2.19. The summed E-state index contributed by atoms with van der Waals surface area (Å²) < 4.78 is 0. The highest BCUT2D eigenvalue weighted by Gasteiger charge is 2.42. The lowest BCUT2D eigenvalue weighted by Crippen LogP contribution is -2.50. The first-order valence-corrected chi connectivity index (χ1v) is 4.73. The lowest BCUT2D eigenvalue weighted by molar-refractivity contribution is -0.143. The van der Waals surface area contributed by atoms with Crippen molar-refractivity contribution in [1.82, 2.24) is 4.90 Å². The lowest BCUT2D eigenvalue weighted by atomic mass is 10.0. The van der Waals surface area contributed by atoms with Crippen LogP contribution in [-0.2, 0) is 9.59 Å². The molecule has 1 amide bonds. The van der Waals surface area contributed by atoms with Gasteiger partial charge in [-0.05, 0) is 6.42 Å². The maximum absolute atomic E-state index is 11.5. The van der Waals surface area contributed by atoms with E-state index in [9.17, 15) is 9.59 Å². The fourth-order valence-electron chi connectivity index (χ4n) is 1.56. The summed E-state index contributed by atoms with van der Waals surface area (Å²) in [4.78, 5) is 23.8. The SMILES string of the molecule is C#CCCC(=O)N1CCC(N)(C(=O)O)C1. The summed E-state index contributed by atoms with van der Waals surface area (Å²) in [6.45, 7) is 0.470. The third-order valence-electron chi connectivity index (χ3n) is 2.56. The van der Waals surface area contributed by atoms with Crippen LogP contribution in [0.3, 0.4) is 0 Å². The van der Waals surface area contributed by atoms with Crippen LogP contribution in [0.1, 0.15) is 19.3 Å². The minimum absolute atomic E-state index is 0.0751. The second kappa shape index (κ2) is 4.32. The molecule has 1 atom stereocenters. The lowest BCUT2D eigenvalue weighted by Gasteiger charge is -2.19. The van der Waals surface area contributed by atoms with Crippen LogP contribution in [0.15, 0.2) is 0 Å². The fourth-order valence-corrected chi connectivity index (χ4v) is 1.56. The molecule has 0 aromatic heterocycles. The molecule has 0 saturated carbocycles. The molecule has 1 heterocycles. The minimum atomic E-state index is -1.29. The van der Waals surface area contributed by atoms with Gasteiger partial charge in [-0.3, -0.25) is 9.59 Å². The van der Waals surface area contributed by atoms with Gasteiger partial charge in [-0.25, -0.2) is 0 Å². The van der Waals surface area contributed by atoms with Gasteiger partial charge >= 0.3 is 5.97 Å². The average Bonchev–Trinajstić information content (AvgIpc) is 2.59. The molecule has 1 aliphatic rings. The summed E-state index contributed by atoms with van der Waals surface area (Å²) in [5.41, 5.74) is 4.34. The first-order valence-electron chi connectivity index (χ1n) is 4.73. The fraction of sp³-hybridized carbons (Fsp3) is 0.600. The molecule has 0 radical (unpaired) electrons. The van der Waals surface area contributed by atoms with Gasteiger partial charge in [-0.2, -0.15) is 0 Å². The number of carbonyl (C=O) groups excluding carboxylic acids is 1. The number of aliphatic carboxylic acids is 1. The molecule has 0 spiro atoms. The van der Waals surface area contributed by atoms with Crippen LogP contribution in [0.4, 0.5) is 0 Å². The predicted octanol–water partition coefficient (Wildman–Crippen LogP) is -0.586. The van der Waals surface area contributed by atoms with Crippen molar-refractivity contribution in [2.24, 2.45) is 5.73 Å². The van der Waals surface area contributed by atoms with Gasteiger partial charge < -0.3 is 15.7 Å². The molecular formula is C10H14N2O3. The Balaban J connectivity index is 2.53. The number of rotatable bonds is 3. The van der Waals surface area contributed by atoms with Crippen molar-refractivity contribution in [3.05, 3.63) is 0 Å². The van der Waals surface area contributed by atoms with Gasteiger partial charge in [0, 0.05) is 25.9 Å². The second-order valence-corrected chi connectivity index (χ2v) is 3.73. The average molecular weight is 210 g/mol. The maximum atomic E-state index is 11.5. The topological polar surface area (TPSA) is 83.6 Å². The number of carboxylic acids is 1. The molecular weight excluding hydrogens is 196 g/mol. The van der Waals surface area contributed by atoms with E-state index < -0.39 is 11.5 Å². The molecule has 1 rings (SSSR count). The Hall–Kier alpha value is -1.54. The number of nitrogens with two attached hydrogens (primary N) is 1. The van der Waals surface area contributed by atoms with Crippen molar-refractivity contribution in [3.63, 3.8) is 0 Å². The minimum Gasteiger partial charge on any atom is -0.480 e. The van der Waals surface area contributed by atoms with Crippen LogP contribution in [0, 0.1) is 12.3 Å². The van der Waals surface area contributed by atoms with E-state index in [2.05, 4.69) is 5.92 Å². The van der Waals surface area contributed by atoms with Gasteiger partial charge in [0.05, 0.1) is 0 Å². The van der Waals surface area contributed by atoms with Crippen molar-refractivity contribution in [3.8, 4) is 12.3 Å². The Morgan fingerprint density at radius 2 is 2.27 bits per heavy atom. The molecule has 1 saturated heterocycles. The molecule has 5 nitrogen and oxygen atoms in total. The molecule has 1 aliphatic heterocycles. The summed E-state index contributed by atoms with van der Waals surface area (Å²) in [5, 5.41) is 8.85. The highest BCUT2D eigenvalue weighted by atomic mass is 16.4. The molecule has 1 fully saturated rings. The van der Waals surface area contributed by atoms with E-state index >= 15 is 0 Å². The highest BCUT2D eigenvalue weighted by molar-refractivity contribution is 5.83.